The van der Waals surface area contributed by atoms with Gasteiger partial charge in [0.15, 0.2) is 0 Å². The highest BCUT2D eigenvalue weighted by Gasteiger charge is 2.23. The lowest BCUT2D eigenvalue weighted by Gasteiger charge is -2.16. The van der Waals surface area contributed by atoms with Crippen LogP contribution < -0.4 is 0 Å². The van der Waals surface area contributed by atoms with E-state index in [0.717, 1.165) is 11.4 Å². The molecule has 1 aliphatic rings. The number of para-hydroxylation sites is 2. The average Bonchev–Trinajstić information content (AvgIpc) is 3.67. The number of thioether (sulfide) groups is 1. The molecule has 0 atom stereocenters. The third-order valence-corrected chi connectivity index (χ3v) is 11.5. The quantitative estimate of drug-likeness (QED) is 0.181. The highest BCUT2D eigenvalue weighted by molar-refractivity contribution is 7.98. The van der Waals surface area contributed by atoms with Crippen molar-refractivity contribution in [2.45, 2.75) is 17.6 Å². The first-order valence-electron chi connectivity index (χ1n) is 17.5. The minimum atomic E-state index is 0.906. The van der Waals surface area contributed by atoms with Gasteiger partial charge in [-0.2, -0.15) is 0 Å². The van der Waals surface area contributed by atoms with Crippen molar-refractivity contribution in [2.24, 2.45) is 0 Å². The molecule has 3 heterocycles. The molecule has 1 aliphatic heterocycles. The Bertz CT molecular complexity index is 2780. The maximum absolute atomic E-state index is 2.48. The molecule has 0 fully saturated rings. The van der Waals surface area contributed by atoms with E-state index in [1.165, 1.54) is 87.9 Å². The summed E-state index contributed by atoms with van der Waals surface area (Å²) in [6.45, 7) is 2.25. The van der Waals surface area contributed by atoms with Crippen LogP contribution in [0.1, 0.15) is 23.7 Å². The Hall–Kier alpha value is -6.03. The summed E-state index contributed by atoms with van der Waals surface area (Å²) in [6, 6.07) is 61.9. The van der Waals surface area contributed by atoms with Gasteiger partial charge in [0.05, 0.1) is 22.2 Å². The molecule has 0 saturated carbocycles. The topological polar surface area (TPSA) is 9.86 Å². The second-order valence-corrected chi connectivity index (χ2v) is 14.4. The van der Waals surface area contributed by atoms with Gasteiger partial charge in [-0.05, 0) is 107 Å². The van der Waals surface area contributed by atoms with Crippen LogP contribution in [0.5, 0.6) is 0 Å². The summed E-state index contributed by atoms with van der Waals surface area (Å²) in [5.74, 6) is 0.906. The number of allylic oxidation sites excluding steroid dienone is 1. The second-order valence-electron chi connectivity index (χ2n) is 13.4. The van der Waals surface area contributed by atoms with E-state index in [1.54, 1.807) is 0 Å². The Morgan fingerprint density at radius 1 is 0.451 bits per heavy atom. The predicted molar refractivity (Wildman–Crippen MR) is 218 cm³/mol. The fraction of sp³-hybridized carbons (Fsp3) is 0.0417. The fourth-order valence-corrected chi connectivity index (χ4v) is 9.10. The molecule has 2 nitrogen and oxygen atoms in total. The van der Waals surface area contributed by atoms with Crippen LogP contribution in [0.3, 0.4) is 0 Å². The first kappa shape index (κ1) is 29.8. The number of aromatic nitrogens is 2. The first-order valence-corrected chi connectivity index (χ1v) is 18.5. The zero-order valence-corrected chi connectivity index (χ0v) is 29.1. The number of fused-ring (bicyclic) bond motifs is 7. The molecule has 10 rings (SSSR count). The minimum absolute atomic E-state index is 0.906. The van der Waals surface area contributed by atoms with Crippen molar-refractivity contribution >= 4 is 56.1 Å². The Morgan fingerprint density at radius 2 is 1.08 bits per heavy atom. The van der Waals surface area contributed by atoms with E-state index in [1.807, 2.05) is 11.8 Å². The van der Waals surface area contributed by atoms with Crippen molar-refractivity contribution in [1.29, 1.82) is 0 Å². The summed E-state index contributed by atoms with van der Waals surface area (Å²) in [5.41, 5.74) is 16.1. The highest BCUT2D eigenvalue weighted by Crippen LogP contribution is 2.43. The number of hydrogen-bond acceptors (Lipinski definition) is 1. The highest BCUT2D eigenvalue weighted by atomic mass is 32.2. The van der Waals surface area contributed by atoms with Crippen molar-refractivity contribution < 1.29 is 0 Å². The molecule has 0 saturated heterocycles. The van der Waals surface area contributed by atoms with E-state index in [-0.39, 0.29) is 0 Å². The van der Waals surface area contributed by atoms with Gasteiger partial charge < -0.3 is 9.13 Å². The number of nitrogens with zero attached hydrogens (tertiary/aromatic N) is 2. The molecule has 0 spiro atoms. The Labute approximate surface area is 301 Å². The number of hydrogen-bond donors (Lipinski definition) is 0. The normalized spacial score (nSPS) is 13.8. The summed E-state index contributed by atoms with van der Waals surface area (Å²) in [7, 11) is 0. The summed E-state index contributed by atoms with van der Waals surface area (Å²) in [6.07, 6.45) is 2.41. The maximum Gasteiger partial charge on any atom is 0.0562 e. The SMILES string of the molecule is C/C1=C\c2c(c3cc4c5ccccc5n(-c5ccc(-c6cccc(-c7ccccc7)c6)cc5)c4cc3n2-c2ccccc2)CSc2ccccc21. The van der Waals surface area contributed by atoms with Gasteiger partial charge >= 0.3 is 0 Å². The maximum atomic E-state index is 2.48. The van der Waals surface area contributed by atoms with Crippen molar-refractivity contribution in [3.05, 3.63) is 187 Å². The van der Waals surface area contributed by atoms with Gasteiger partial charge in [0.1, 0.15) is 0 Å². The summed E-state index contributed by atoms with van der Waals surface area (Å²) < 4.78 is 4.92. The Balaban J connectivity index is 1.18. The Morgan fingerprint density at radius 3 is 1.88 bits per heavy atom. The molecule has 9 aromatic rings. The molecule has 3 heteroatoms. The minimum Gasteiger partial charge on any atom is -0.309 e. The molecule has 0 bridgehead atoms. The van der Waals surface area contributed by atoms with E-state index in [2.05, 4.69) is 192 Å². The van der Waals surface area contributed by atoms with Crippen LogP contribution in [0, 0.1) is 0 Å². The van der Waals surface area contributed by atoms with Gasteiger partial charge in [-0.25, -0.2) is 0 Å². The molecule has 0 aliphatic carbocycles. The smallest absolute Gasteiger partial charge is 0.0562 e. The van der Waals surface area contributed by atoms with Crippen molar-refractivity contribution in [3.8, 4) is 33.6 Å². The van der Waals surface area contributed by atoms with Gasteiger partial charge in [-0.3, -0.25) is 0 Å². The monoisotopic (exact) mass is 670 g/mol. The molecule has 0 amide bonds. The molecule has 2 aromatic heterocycles. The third-order valence-electron chi connectivity index (χ3n) is 10.4. The van der Waals surface area contributed by atoms with E-state index >= 15 is 0 Å². The average molecular weight is 671 g/mol. The standard InChI is InChI=1S/C48H34N2S/c1-32-27-45-43(31-51-48-22-11-9-19-39(32)48)42-29-41-40-20-8-10-21-44(40)49(46(41)30-47(42)50(45)37-17-6-3-7-18-37)38-25-23-34(24-26-38)36-16-12-15-35(28-36)33-13-4-2-5-14-33/h2-30H,31H2,1H3/b32-27+. The van der Waals surface area contributed by atoms with Crippen LogP contribution in [-0.4, -0.2) is 9.13 Å². The fourth-order valence-electron chi connectivity index (χ4n) is 7.93. The first-order chi connectivity index (χ1) is 25.2. The van der Waals surface area contributed by atoms with Crippen molar-refractivity contribution in [1.82, 2.24) is 9.13 Å². The van der Waals surface area contributed by atoms with E-state index < -0.39 is 0 Å². The van der Waals surface area contributed by atoms with Gasteiger partial charge in [0.25, 0.3) is 0 Å². The van der Waals surface area contributed by atoms with Crippen molar-refractivity contribution in [2.75, 3.05) is 0 Å². The lowest BCUT2D eigenvalue weighted by Crippen LogP contribution is -2.00. The van der Waals surface area contributed by atoms with Crippen molar-refractivity contribution in [3.63, 3.8) is 0 Å². The van der Waals surface area contributed by atoms with Crippen LogP contribution in [-0.2, 0) is 5.75 Å². The zero-order chi connectivity index (χ0) is 33.9. The van der Waals surface area contributed by atoms with E-state index in [0.29, 0.717) is 0 Å². The largest absolute Gasteiger partial charge is 0.309 e. The Kier molecular flexibility index (Phi) is 7.07. The molecule has 242 valence electrons. The molecule has 7 aromatic carbocycles. The van der Waals surface area contributed by atoms with Crippen LogP contribution in [0.25, 0.3) is 78.0 Å². The lowest BCUT2D eigenvalue weighted by molar-refractivity contribution is 1.09. The number of benzene rings is 7. The third kappa shape index (κ3) is 4.96. The molecule has 0 unspecified atom stereocenters. The van der Waals surface area contributed by atoms with Crippen LogP contribution in [0.2, 0.25) is 0 Å². The molecular weight excluding hydrogens is 637 g/mol. The van der Waals surface area contributed by atoms with Gasteiger partial charge in [0, 0.05) is 38.2 Å². The van der Waals surface area contributed by atoms with E-state index in [4.69, 9.17) is 0 Å². The molecule has 0 N–H and O–H groups in total. The van der Waals surface area contributed by atoms with Gasteiger partial charge in [0.2, 0.25) is 0 Å². The molecule has 0 radical (unpaired) electrons. The van der Waals surface area contributed by atoms with Crippen LogP contribution in [0.4, 0.5) is 0 Å². The molecule has 51 heavy (non-hydrogen) atoms. The van der Waals surface area contributed by atoms with Crippen LogP contribution >= 0.6 is 11.8 Å². The van der Waals surface area contributed by atoms with Gasteiger partial charge in [-0.1, -0.05) is 115 Å². The van der Waals surface area contributed by atoms with Gasteiger partial charge in [-0.15, -0.1) is 11.8 Å². The summed E-state index contributed by atoms with van der Waals surface area (Å²) in [4.78, 5) is 1.34. The predicted octanol–water partition coefficient (Wildman–Crippen LogP) is 13.2. The van der Waals surface area contributed by atoms with E-state index in [9.17, 15) is 0 Å². The summed E-state index contributed by atoms with van der Waals surface area (Å²) >= 11 is 1.94. The summed E-state index contributed by atoms with van der Waals surface area (Å²) in [5, 5.41) is 3.86. The lowest BCUT2D eigenvalue weighted by atomic mass is 9.99. The molecular formula is C48H34N2S. The second kappa shape index (κ2) is 12.1. The van der Waals surface area contributed by atoms with Crippen LogP contribution in [0.15, 0.2) is 175 Å². The number of rotatable bonds is 4. The zero-order valence-electron chi connectivity index (χ0n) is 28.3.